The van der Waals surface area contributed by atoms with Crippen LogP contribution in [0, 0.1) is 10.1 Å². The highest BCUT2D eigenvalue weighted by atomic mass is 35.5. The van der Waals surface area contributed by atoms with Crippen molar-refractivity contribution in [1.29, 1.82) is 0 Å². The van der Waals surface area contributed by atoms with Crippen LogP contribution in [0.3, 0.4) is 0 Å². The molecule has 0 aliphatic rings. The van der Waals surface area contributed by atoms with Crippen molar-refractivity contribution >= 4 is 17.3 Å². The smallest absolute Gasteiger partial charge is 0.258 e. The first-order valence-corrected chi connectivity index (χ1v) is 4.24. The van der Waals surface area contributed by atoms with Gasteiger partial charge in [-0.25, -0.2) is 0 Å². The van der Waals surface area contributed by atoms with E-state index in [-0.39, 0.29) is 17.1 Å². The second-order valence-electron chi connectivity index (χ2n) is 2.65. The Balaban J connectivity index is 2.63. The highest BCUT2D eigenvalue weighted by Gasteiger charge is 2.18. The van der Waals surface area contributed by atoms with Crippen molar-refractivity contribution in [2.45, 2.75) is 0 Å². The predicted molar refractivity (Wildman–Crippen MR) is 51.3 cm³/mol. The molecule has 76 valence electrons. The third kappa shape index (κ3) is 1.77. The minimum absolute atomic E-state index is 0.110. The van der Waals surface area contributed by atoms with Gasteiger partial charge in [-0.3, -0.25) is 10.1 Å². The Morgan fingerprint density at radius 3 is 2.87 bits per heavy atom. The summed E-state index contributed by atoms with van der Waals surface area (Å²) in [7, 11) is 0. The van der Waals surface area contributed by atoms with Crippen LogP contribution in [0.5, 0.6) is 0 Å². The van der Waals surface area contributed by atoms with E-state index in [0.717, 1.165) is 0 Å². The molecule has 0 amide bonds. The summed E-state index contributed by atoms with van der Waals surface area (Å²) in [5.74, 6) is 0.143. The second kappa shape index (κ2) is 3.62. The van der Waals surface area contributed by atoms with Crippen LogP contribution in [0.2, 0.25) is 5.02 Å². The molecule has 0 aliphatic carbocycles. The van der Waals surface area contributed by atoms with Crippen molar-refractivity contribution in [1.82, 2.24) is 20.6 Å². The Morgan fingerprint density at radius 1 is 1.47 bits per heavy atom. The number of halogens is 1. The third-order valence-corrected chi connectivity index (χ3v) is 1.98. The van der Waals surface area contributed by atoms with Gasteiger partial charge in [0.1, 0.15) is 5.56 Å². The largest absolute Gasteiger partial charge is 0.280 e. The number of rotatable bonds is 2. The lowest BCUT2D eigenvalue weighted by Gasteiger charge is -1.97. The molecule has 0 unspecified atom stereocenters. The average molecular weight is 226 g/mol. The molecule has 1 aromatic heterocycles. The standard InChI is InChI=1S/C7H4ClN5O2/c8-4-1-2-6(13(14)15)5(3-4)7-9-11-12-10-7/h1-3H,(H,9,10,11,12). The summed E-state index contributed by atoms with van der Waals surface area (Å²) < 4.78 is 0. The van der Waals surface area contributed by atoms with Crippen LogP contribution in [-0.4, -0.2) is 25.5 Å². The highest BCUT2D eigenvalue weighted by molar-refractivity contribution is 6.31. The molecule has 2 aromatic rings. The molecule has 0 bridgehead atoms. The predicted octanol–water partition coefficient (Wildman–Crippen LogP) is 1.43. The molecule has 0 fully saturated rings. The fourth-order valence-corrected chi connectivity index (χ4v) is 1.29. The number of nitro benzene ring substituents is 1. The molecular weight excluding hydrogens is 222 g/mol. The van der Waals surface area contributed by atoms with Crippen LogP contribution in [0.15, 0.2) is 18.2 Å². The van der Waals surface area contributed by atoms with Crippen molar-refractivity contribution in [3.8, 4) is 11.4 Å². The molecule has 0 atom stereocenters. The fourth-order valence-electron chi connectivity index (χ4n) is 1.12. The zero-order valence-corrected chi connectivity index (χ0v) is 7.97. The van der Waals surface area contributed by atoms with Gasteiger partial charge in [-0.15, -0.1) is 10.2 Å². The minimum atomic E-state index is -0.526. The first-order chi connectivity index (χ1) is 7.18. The van der Waals surface area contributed by atoms with Crippen LogP contribution in [0.4, 0.5) is 5.69 Å². The van der Waals surface area contributed by atoms with E-state index < -0.39 is 4.92 Å². The highest BCUT2D eigenvalue weighted by Crippen LogP contribution is 2.29. The maximum absolute atomic E-state index is 10.7. The summed E-state index contributed by atoms with van der Waals surface area (Å²) in [6, 6.07) is 4.15. The number of aromatic amines is 1. The van der Waals surface area contributed by atoms with Gasteiger partial charge in [0.2, 0.25) is 5.82 Å². The van der Waals surface area contributed by atoms with Crippen LogP contribution in [0.1, 0.15) is 0 Å². The van der Waals surface area contributed by atoms with E-state index in [1.807, 2.05) is 0 Å². The van der Waals surface area contributed by atoms with Crippen LogP contribution >= 0.6 is 11.6 Å². The summed E-state index contributed by atoms with van der Waals surface area (Å²) in [4.78, 5) is 10.2. The summed E-state index contributed by atoms with van der Waals surface area (Å²) in [6.07, 6.45) is 0. The van der Waals surface area contributed by atoms with E-state index in [9.17, 15) is 10.1 Å². The van der Waals surface area contributed by atoms with E-state index in [0.29, 0.717) is 5.02 Å². The van der Waals surface area contributed by atoms with Gasteiger partial charge in [0.05, 0.1) is 4.92 Å². The number of nitrogens with zero attached hydrogens (tertiary/aromatic N) is 4. The number of hydrogen-bond donors (Lipinski definition) is 1. The lowest BCUT2D eigenvalue weighted by atomic mass is 10.2. The Morgan fingerprint density at radius 2 is 2.27 bits per heavy atom. The molecule has 8 heteroatoms. The Kier molecular flexibility index (Phi) is 2.30. The number of aromatic nitrogens is 4. The third-order valence-electron chi connectivity index (χ3n) is 1.74. The molecule has 0 spiro atoms. The van der Waals surface area contributed by atoms with E-state index in [2.05, 4.69) is 20.6 Å². The summed E-state index contributed by atoms with van der Waals surface area (Å²) in [6.45, 7) is 0. The van der Waals surface area contributed by atoms with Crippen LogP contribution in [0.25, 0.3) is 11.4 Å². The topological polar surface area (TPSA) is 97.6 Å². The molecule has 1 aromatic carbocycles. The summed E-state index contributed by atoms with van der Waals surface area (Å²) in [5, 5.41) is 23.9. The summed E-state index contributed by atoms with van der Waals surface area (Å²) >= 11 is 5.73. The van der Waals surface area contributed by atoms with Gasteiger partial charge in [0, 0.05) is 11.1 Å². The maximum Gasteiger partial charge on any atom is 0.280 e. The molecule has 1 heterocycles. The zero-order chi connectivity index (χ0) is 10.8. The normalized spacial score (nSPS) is 10.2. The first kappa shape index (κ1) is 9.53. The number of benzene rings is 1. The monoisotopic (exact) mass is 225 g/mol. The second-order valence-corrected chi connectivity index (χ2v) is 3.09. The number of hydrogen-bond acceptors (Lipinski definition) is 5. The van der Waals surface area contributed by atoms with Gasteiger partial charge in [-0.2, -0.15) is 5.21 Å². The average Bonchev–Trinajstić information content (AvgIpc) is 2.69. The molecule has 1 N–H and O–H groups in total. The van der Waals surface area contributed by atoms with Gasteiger partial charge < -0.3 is 0 Å². The van der Waals surface area contributed by atoms with E-state index >= 15 is 0 Å². The molecule has 2 rings (SSSR count). The van der Waals surface area contributed by atoms with Crippen molar-refractivity contribution in [3.63, 3.8) is 0 Å². The Bertz CT molecular complexity index is 498. The number of nitro groups is 1. The molecule has 7 nitrogen and oxygen atoms in total. The lowest BCUT2D eigenvalue weighted by molar-refractivity contribution is -0.384. The Labute approximate surface area is 88.2 Å². The minimum Gasteiger partial charge on any atom is -0.258 e. The van der Waals surface area contributed by atoms with Crippen LogP contribution in [-0.2, 0) is 0 Å². The quantitative estimate of drug-likeness (QED) is 0.616. The maximum atomic E-state index is 10.7. The molecule has 0 radical (unpaired) electrons. The van der Waals surface area contributed by atoms with Gasteiger partial charge >= 0.3 is 0 Å². The van der Waals surface area contributed by atoms with E-state index in [1.165, 1.54) is 18.2 Å². The Hall–Kier alpha value is -2.02. The fraction of sp³-hybridized carbons (Fsp3) is 0. The molecule has 0 aliphatic heterocycles. The molecule has 15 heavy (non-hydrogen) atoms. The van der Waals surface area contributed by atoms with Crippen molar-refractivity contribution in [2.75, 3.05) is 0 Å². The zero-order valence-electron chi connectivity index (χ0n) is 7.22. The SMILES string of the molecule is O=[N+]([O-])c1ccc(Cl)cc1-c1nn[nH]n1. The van der Waals surface area contributed by atoms with Crippen molar-refractivity contribution in [3.05, 3.63) is 33.3 Å². The van der Waals surface area contributed by atoms with Gasteiger partial charge in [0.15, 0.2) is 0 Å². The lowest BCUT2D eigenvalue weighted by Crippen LogP contribution is -1.93. The molecular formula is C7H4ClN5O2. The van der Waals surface area contributed by atoms with Crippen LogP contribution < -0.4 is 0 Å². The number of H-pyrrole nitrogens is 1. The molecule has 0 saturated heterocycles. The van der Waals surface area contributed by atoms with Crippen molar-refractivity contribution in [2.24, 2.45) is 0 Å². The molecule has 0 saturated carbocycles. The first-order valence-electron chi connectivity index (χ1n) is 3.86. The van der Waals surface area contributed by atoms with E-state index in [1.54, 1.807) is 0 Å². The number of nitrogens with one attached hydrogen (secondary N) is 1. The number of tetrazole rings is 1. The van der Waals surface area contributed by atoms with Gasteiger partial charge in [-0.1, -0.05) is 11.6 Å². The van der Waals surface area contributed by atoms with Gasteiger partial charge in [0.25, 0.3) is 5.69 Å². The van der Waals surface area contributed by atoms with E-state index in [4.69, 9.17) is 11.6 Å². The summed E-state index contributed by atoms with van der Waals surface area (Å²) in [5.41, 5.74) is 0.127. The van der Waals surface area contributed by atoms with Gasteiger partial charge in [-0.05, 0) is 17.3 Å². The van der Waals surface area contributed by atoms with Crippen molar-refractivity contribution < 1.29 is 4.92 Å².